The first-order valence-corrected chi connectivity index (χ1v) is 20.6. The number of unbranched alkanes of at least 4 members (excludes halogenated alkanes) is 16. The van der Waals surface area contributed by atoms with E-state index < -0.39 is 11.9 Å². The first-order chi connectivity index (χ1) is 26.5. The molecule has 0 spiro atoms. The highest BCUT2D eigenvalue weighted by atomic mass is 16.5. The van der Waals surface area contributed by atoms with Crippen LogP contribution >= 0.6 is 0 Å². The topological polar surface area (TPSA) is 97.4 Å². The number of hydrogen-bond donors (Lipinski definition) is 0. The molecule has 0 heterocycles. The van der Waals surface area contributed by atoms with Crippen molar-refractivity contribution in [1.82, 2.24) is 0 Å². The van der Waals surface area contributed by atoms with Crippen LogP contribution < -0.4 is 18.9 Å². The molecule has 0 aliphatic heterocycles. The van der Waals surface area contributed by atoms with Gasteiger partial charge in [0, 0.05) is 6.42 Å². The maximum atomic E-state index is 12.7. The average Bonchev–Trinajstić information content (AvgIpc) is 3.19. The predicted molar refractivity (Wildman–Crippen MR) is 215 cm³/mol. The molecule has 0 aliphatic rings. The van der Waals surface area contributed by atoms with Crippen molar-refractivity contribution in [3.05, 3.63) is 83.9 Å². The molecule has 3 rings (SSSR count). The molecule has 8 heteroatoms. The minimum Gasteiger partial charge on any atom is -0.494 e. The van der Waals surface area contributed by atoms with Crippen LogP contribution in [-0.4, -0.2) is 37.7 Å². The minimum atomic E-state index is -0.493. The molecular weight excluding hydrogens is 680 g/mol. The van der Waals surface area contributed by atoms with Gasteiger partial charge in [-0.15, -0.1) is 0 Å². The van der Waals surface area contributed by atoms with E-state index in [1.54, 1.807) is 72.8 Å². The van der Waals surface area contributed by atoms with Crippen LogP contribution in [0.3, 0.4) is 0 Å². The quantitative estimate of drug-likeness (QED) is 0.0378. The van der Waals surface area contributed by atoms with Gasteiger partial charge in [0.15, 0.2) is 0 Å². The molecule has 0 fully saturated rings. The predicted octanol–water partition coefficient (Wildman–Crippen LogP) is 12.3. The largest absolute Gasteiger partial charge is 0.494 e. The van der Waals surface area contributed by atoms with E-state index in [-0.39, 0.29) is 5.97 Å². The number of carbonyl (C=O) groups is 3. The van der Waals surface area contributed by atoms with Gasteiger partial charge >= 0.3 is 17.9 Å². The zero-order chi connectivity index (χ0) is 38.5. The third kappa shape index (κ3) is 19.7. The summed E-state index contributed by atoms with van der Waals surface area (Å²) in [6, 6.07) is 20.2. The van der Waals surface area contributed by atoms with E-state index in [4.69, 9.17) is 23.7 Å². The van der Waals surface area contributed by atoms with Crippen LogP contribution in [0.2, 0.25) is 0 Å². The molecule has 3 aromatic carbocycles. The van der Waals surface area contributed by atoms with Gasteiger partial charge in [-0.3, -0.25) is 4.79 Å². The van der Waals surface area contributed by atoms with Crippen molar-refractivity contribution in [3.63, 3.8) is 0 Å². The van der Waals surface area contributed by atoms with E-state index >= 15 is 0 Å². The van der Waals surface area contributed by atoms with Gasteiger partial charge in [0.25, 0.3) is 0 Å². The molecule has 0 aromatic heterocycles. The Hall–Kier alpha value is -4.33. The number of hydrogen-bond acceptors (Lipinski definition) is 8. The van der Waals surface area contributed by atoms with Crippen molar-refractivity contribution >= 4 is 17.9 Å². The molecule has 3 aromatic rings. The van der Waals surface area contributed by atoms with Crippen LogP contribution in [0.15, 0.2) is 72.8 Å². The van der Waals surface area contributed by atoms with Gasteiger partial charge in [-0.25, -0.2) is 9.59 Å². The smallest absolute Gasteiger partial charge is 0.343 e. The van der Waals surface area contributed by atoms with Crippen molar-refractivity contribution in [2.45, 2.75) is 142 Å². The van der Waals surface area contributed by atoms with Crippen molar-refractivity contribution in [1.29, 1.82) is 0 Å². The molecule has 0 aliphatic carbocycles. The van der Waals surface area contributed by atoms with Gasteiger partial charge in [-0.05, 0) is 98.5 Å². The standard InChI is InChI=1S/C46H64O8/c1-3-5-7-8-9-10-11-12-15-19-35-50-40-27-23-38(24-28-40)45(48)53-42-31-33-43(34-32-42)54-46(49)39-25-29-41(30-26-39)51-36-20-16-13-14-17-21-37-52-44(47)22-18-6-4-2/h23-34H,3-22,35-37H2,1-2H3. The molecule has 0 bridgehead atoms. The number of benzene rings is 3. The lowest BCUT2D eigenvalue weighted by molar-refractivity contribution is -0.143. The summed E-state index contributed by atoms with van der Waals surface area (Å²) in [6.45, 7) is 6.17. The number of carbonyl (C=O) groups excluding carboxylic acids is 3. The lowest BCUT2D eigenvalue weighted by Gasteiger charge is -2.09. The molecule has 0 radical (unpaired) electrons. The Bertz CT molecular complexity index is 1430. The van der Waals surface area contributed by atoms with Crippen LogP contribution in [0.4, 0.5) is 0 Å². The molecule has 0 N–H and O–H groups in total. The molecule has 0 saturated heterocycles. The molecule has 0 atom stereocenters. The first kappa shape index (κ1) is 44.1. The monoisotopic (exact) mass is 744 g/mol. The SMILES string of the molecule is CCCCCCCCCCCCOc1ccc(C(=O)Oc2ccc(OC(=O)c3ccc(OCCCCCCCCOC(=O)CCCCC)cc3)cc2)cc1. The van der Waals surface area contributed by atoms with Crippen LogP contribution in [0.1, 0.15) is 163 Å². The highest BCUT2D eigenvalue weighted by molar-refractivity contribution is 5.92. The van der Waals surface area contributed by atoms with Crippen molar-refractivity contribution in [2.24, 2.45) is 0 Å². The van der Waals surface area contributed by atoms with E-state index in [0.717, 1.165) is 70.0 Å². The Morgan fingerprint density at radius 2 is 0.722 bits per heavy atom. The van der Waals surface area contributed by atoms with Gasteiger partial charge in [0.1, 0.15) is 23.0 Å². The summed E-state index contributed by atoms with van der Waals surface area (Å²) in [6.07, 6.45) is 22.7. The summed E-state index contributed by atoms with van der Waals surface area (Å²) in [7, 11) is 0. The molecule has 0 unspecified atom stereocenters. The first-order valence-electron chi connectivity index (χ1n) is 20.6. The van der Waals surface area contributed by atoms with Crippen LogP contribution in [0, 0.1) is 0 Å². The molecule has 0 saturated carbocycles. The lowest BCUT2D eigenvalue weighted by atomic mass is 10.1. The van der Waals surface area contributed by atoms with Crippen LogP contribution in [0.5, 0.6) is 23.0 Å². The number of esters is 3. The van der Waals surface area contributed by atoms with E-state index in [2.05, 4.69) is 13.8 Å². The average molecular weight is 745 g/mol. The molecule has 8 nitrogen and oxygen atoms in total. The second kappa shape index (κ2) is 28.2. The second-order valence-corrected chi connectivity index (χ2v) is 14.0. The fourth-order valence-electron chi connectivity index (χ4n) is 5.94. The van der Waals surface area contributed by atoms with Gasteiger partial charge in [0.05, 0.1) is 30.9 Å². The summed E-state index contributed by atoms with van der Waals surface area (Å²) in [5.41, 5.74) is 0.824. The third-order valence-corrected chi connectivity index (χ3v) is 9.25. The fourth-order valence-corrected chi connectivity index (χ4v) is 5.94. The van der Waals surface area contributed by atoms with Gasteiger partial charge < -0.3 is 23.7 Å². The Kier molecular flexibility index (Phi) is 23.0. The minimum absolute atomic E-state index is 0.0739. The Labute approximate surface area is 324 Å². The van der Waals surface area contributed by atoms with Crippen molar-refractivity contribution < 1.29 is 38.1 Å². The van der Waals surface area contributed by atoms with Crippen molar-refractivity contribution in [2.75, 3.05) is 19.8 Å². The van der Waals surface area contributed by atoms with E-state index in [9.17, 15) is 14.4 Å². The molecular formula is C46H64O8. The second-order valence-electron chi connectivity index (χ2n) is 14.0. The summed E-state index contributed by atoms with van der Waals surface area (Å²) < 4.78 is 28.0. The maximum absolute atomic E-state index is 12.7. The Balaban J connectivity index is 1.24. The highest BCUT2D eigenvalue weighted by Gasteiger charge is 2.12. The normalized spacial score (nSPS) is 10.9. The summed E-state index contributed by atoms with van der Waals surface area (Å²) in [4.78, 5) is 37.0. The Morgan fingerprint density at radius 1 is 0.389 bits per heavy atom. The van der Waals surface area contributed by atoms with E-state index in [1.807, 2.05) is 0 Å². The maximum Gasteiger partial charge on any atom is 0.343 e. The van der Waals surface area contributed by atoms with Crippen LogP contribution in [0.25, 0.3) is 0 Å². The van der Waals surface area contributed by atoms with E-state index in [1.165, 1.54) is 57.8 Å². The zero-order valence-electron chi connectivity index (χ0n) is 33.0. The third-order valence-electron chi connectivity index (χ3n) is 9.25. The van der Waals surface area contributed by atoms with Crippen LogP contribution in [-0.2, 0) is 9.53 Å². The summed E-state index contributed by atoms with van der Waals surface area (Å²) in [5.74, 6) is 1.08. The van der Waals surface area contributed by atoms with E-state index in [0.29, 0.717) is 54.6 Å². The highest BCUT2D eigenvalue weighted by Crippen LogP contribution is 2.22. The Morgan fingerprint density at radius 3 is 1.13 bits per heavy atom. The fraction of sp³-hybridized carbons (Fsp3) is 0.543. The van der Waals surface area contributed by atoms with Gasteiger partial charge in [-0.2, -0.15) is 0 Å². The number of rotatable bonds is 30. The van der Waals surface area contributed by atoms with Gasteiger partial charge in [-0.1, -0.05) is 110 Å². The molecule has 296 valence electrons. The zero-order valence-corrected chi connectivity index (χ0v) is 33.0. The number of ether oxygens (including phenoxy) is 5. The molecule has 54 heavy (non-hydrogen) atoms. The van der Waals surface area contributed by atoms with Crippen molar-refractivity contribution in [3.8, 4) is 23.0 Å². The molecule has 0 amide bonds. The van der Waals surface area contributed by atoms with Gasteiger partial charge in [0.2, 0.25) is 0 Å². The summed E-state index contributed by atoms with van der Waals surface area (Å²) >= 11 is 0. The lowest BCUT2D eigenvalue weighted by Crippen LogP contribution is -2.09. The summed E-state index contributed by atoms with van der Waals surface area (Å²) in [5, 5.41) is 0.